The van der Waals surface area contributed by atoms with Crippen molar-refractivity contribution in [3.8, 4) is 0 Å². The molecule has 2 N–H and O–H groups in total. The van der Waals surface area contributed by atoms with E-state index in [1.54, 1.807) is 0 Å². The molecule has 1 nitrogen and oxygen atoms in total. The van der Waals surface area contributed by atoms with E-state index in [-0.39, 0.29) is 12.5 Å². The van der Waals surface area contributed by atoms with E-state index in [1.165, 1.54) is 5.56 Å². The second kappa shape index (κ2) is 4.91. The minimum Gasteiger partial charge on any atom is -0.330 e. The predicted molar refractivity (Wildman–Crippen MR) is 60.7 cm³/mol. The fourth-order valence-electron chi connectivity index (χ4n) is 2.68. The molecule has 0 bridgehead atoms. The molecule has 2 unspecified atom stereocenters. The molecule has 0 saturated heterocycles. The Hall–Kier alpha value is -0.960. The molecule has 0 aromatic heterocycles. The van der Waals surface area contributed by atoms with Gasteiger partial charge in [0.05, 0.1) is 0 Å². The first-order valence-electron chi connectivity index (χ1n) is 5.80. The van der Waals surface area contributed by atoms with E-state index in [4.69, 9.17) is 5.73 Å². The van der Waals surface area contributed by atoms with Gasteiger partial charge < -0.3 is 5.73 Å². The van der Waals surface area contributed by atoms with E-state index < -0.39 is 12.3 Å². The Kier molecular flexibility index (Phi) is 3.54. The summed E-state index contributed by atoms with van der Waals surface area (Å²) < 4.78 is 25.8. The van der Waals surface area contributed by atoms with Gasteiger partial charge in [-0.1, -0.05) is 24.3 Å². The second-order valence-electron chi connectivity index (χ2n) is 4.43. The number of hydrogen-bond donors (Lipinski definition) is 1. The van der Waals surface area contributed by atoms with Gasteiger partial charge in [-0.15, -0.1) is 0 Å². The summed E-state index contributed by atoms with van der Waals surface area (Å²) in [6.45, 7) is 0.0661. The Labute approximate surface area is 94.7 Å². The predicted octanol–water partition coefficient (Wildman–Crippen LogP) is 2.95. The van der Waals surface area contributed by atoms with Crippen LogP contribution in [0, 0.1) is 5.92 Å². The van der Waals surface area contributed by atoms with E-state index >= 15 is 0 Å². The molecule has 0 heterocycles. The standard InChI is InChI=1S/C13H17F2N/c14-13(15)12(8-16)11-7-3-5-9-4-1-2-6-10(9)11/h1-2,4,6,11-13H,3,5,7-8,16H2. The molecule has 0 amide bonds. The Bertz CT molecular complexity index is 352. The molecule has 1 aliphatic rings. The van der Waals surface area contributed by atoms with Crippen LogP contribution in [0.4, 0.5) is 8.78 Å². The van der Waals surface area contributed by atoms with Gasteiger partial charge in [-0.05, 0) is 36.3 Å². The van der Waals surface area contributed by atoms with Gasteiger partial charge in [-0.3, -0.25) is 0 Å². The molecule has 1 aromatic carbocycles. The van der Waals surface area contributed by atoms with E-state index in [2.05, 4.69) is 0 Å². The van der Waals surface area contributed by atoms with Gasteiger partial charge in [0.2, 0.25) is 6.43 Å². The summed E-state index contributed by atoms with van der Waals surface area (Å²) in [7, 11) is 0. The zero-order chi connectivity index (χ0) is 11.5. The molecule has 1 aliphatic carbocycles. The van der Waals surface area contributed by atoms with Crippen molar-refractivity contribution in [2.45, 2.75) is 31.6 Å². The number of aryl methyl sites for hydroxylation is 1. The summed E-state index contributed by atoms with van der Waals surface area (Å²) in [5.74, 6) is -0.753. The average molecular weight is 225 g/mol. The molecule has 0 aliphatic heterocycles. The van der Waals surface area contributed by atoms with Crippen molar-refractivity contribution < 1.29 is 8.78 Å². The highest BCUT2D eigenvalue weighted by Gasteiger charge is 2.32. The SMILES string of the molecule is NCC(C(F)F)C1CCCc2ccccc21. The molecule has 2 atom stereocenters. The van der Waals surface area contributed by atoms with E-state index in [1.807, 2.05) is 24.3 Å². The number of benzene rings is 1. The van der Waals surface area contributed by atoms with Crippen molar-refractivity contribution in [3.63, 3.8) is 0 Å². The molecule has 16 heavy (non-hydrogen) atoms. The second-order valence-corrected chi connectivity index (χ2v) is 4.43. The Balaban J connectivity index is 2.30. The Morgan fingerprint density at radius 3 is 2.75 bits per heavy atom. The molecule has 0 radical (unpaired) electrons. The minimum absolute atomic E-state index is 0.0602. The summed E-state index contributed by atoms with van der Waals surface area (Å²) in [4.78, 5) is 0. The molecule has 0 spiro atoms. The van der Waals surface area contributed by atoms with Gasteiger partial charge in [-0.2, -0.15) is 0 Å². The normalized spacial score (nSPS) is 21.9. The number of nitrogens with two attached hydrogens (primary N) is 1. The van der Waals surface area contributed by atoms with Crippen molar-refractivity contribution in [1.82, 2.24) is 0 Å². The highest BCUT2D eigenvalue weighted by atomic mass is 19.3. The smallest absolute Gasteiger partial charge is 0.243 e. The van der Waals surface area contributed by atoms with Crippen molar-refractivity contribution >= 4 is 0 Å². The number of hydrogen-bond acceptors (Lipinski definition) is 1. The fourth-order valence-corrected chi connectivity index (χ4v) is 2.68. The summed E-state index contributed by atoms with van der Waals surface area (Å²) in [5, 5.41) is 0. The number of fused-ring (bicyclic) bond motifs is 1. The molecule has 88 valence electrons. The van der Waals surface area contributed by atoms with Crippen LogP contribution in [0.5, 0.6) is 0 Å². The zero-order valence-electron chi connectivity index (χ0n) is 9.20. The third-order valence-corrected chi connectivity index (χ3v) is 3.53. The van der Waals surface area contributed by atoms with Crippen LogP contribution in [-0.2, 0) is 6.42 Å². The maximum atomic E-state index is 12.9. The molecule has 0 saturated carbocycles. The van der Waals surface area contributed by atoms with Gasteiger partial charge in [0, 0.05) is 12.5 Å². The average Bonchev–Trinajstić information content (AvgIpc) is 2.30. The Morgan fingerprint density at radius 1 is 1.31 bits per heavy atom. The first-order chi connectivity index (χ1) is 7.74. The van der Waals surface area contributed by atoms with Crippen LogP contribution >= 0.6 is 0 Å². The molecule has 3 heteroatoms. The van der Waals surface area contributed by atoms with Crippen molar-refractivity contribution in [2.24, 2.45) is 11.7 Å². The first-order valence-corrected chi connectivity index (χ1v) is 5.80. The largest absolute Gasteiger partial charge is 0.330 e. The van der Waals surface area contributed by atoms with Crippen LogP contribution in [0.2, 0.25) is 0 Å². The van der Waals surface area contributed by atoms with E-state index in [9.17, 15) is 8.78 Å². The lowest BCUT2D eigenvalue weighted by Gasteiger charge is -2.31. The first kappa shape index (κ1) is 11.5. The maximum absolute atomic E-state index is 12.9. The van der Waals surface area contributed by atoms with Crippen LogP contribution in [0.3, 0.4) is 0 Å². The topological polar surface area (TPSA) is 26.0 Å². The summed E-state index contributed by atoms with van der Waals surface area (Å²) in [5.41, 5.74) is 7.79. The van der Waals surface area contributed by atoms with Crippen LogP contribution in [0.15, 0.2) is 24.3 Å². The van der Waals surface area contributed by atoms with Crippen molar-refractivity contribution in [3.05, 3.63) is 35.4 Å². The van der Waals surface area contributed by atoms with Crippen LogP contribution < -0.4 is 5.73 Å². The van der Waals surface area contributed by atoms with Gasteiger partial charge >= 0.3 is 0 Å². The molecule has 0 fully saturated rings. The molecular weight excluding hydrogens is 208 g/mol. The van der Waals surface area contributed by atoms with E-state index in [0.29, 0.717) is 0 Å². The summed E-state index contributed by atoms with van der Waals surface area (Å²) in [6, 6.07) is 7.92. The van der Waals surface area contributed by atoms with Gasteiger partial charge in [0.1, 0.15) is 0 Å². The minimum atomic E-state index is -2.32. The summed E-state index contributed by atoms with van der Waals surface area (Å²) >= 11 is 0. The van der Waals surface area contributed by atoms with Gasteiger partial charge in [0.25, 0.3) is 0 Å². The van der Waals surface area contributed by atoms with Crippen molar-refractivity contribution in [2.75, 3.05) is 6.54 Å². The number of rotatable bonds is 3. The third kappa shape index (κ3) is 2.09. The third-order valence-electron chi connectivity index (χ3n) is 3.53. The lowest BCUT2D eigenvalue weighted by molar-refractivity contribution is 0.0626. The highest BCUT2D eigenvalue weighted by molar-refractivity contribution is 5.33. The monoisotopic (exact) mass is 225 g/mol. The number of halogens is 2. The quantitative estimate of drug-likeness (QED) is 0.841. The van der Waals surface area contributed by atoms with Crippen LogP contribution in [-0.4, -0.2) is 13.0 Å². The lowest BCUT2D eigenvalue weighted by Crippen LogP contribution is -2.30. The Morgan fingerprint density at radius 2 is 2.06 bits per heavy atom. The lowest BCUT2D eigenvalue weighted by atomic mass is 9.76. The number of alkyl halides is 2. The molecule has 2 rings (SSSR count). The summed E-state index contributed by atoms with van der Waals surface area (Å²) in [6.07, 6.45) is 0.516. The molecule has 1 aromatic rings. The maximum Gasteiger partial charge on any atom is 0.243 e. The van der Waals surface area contributed by atoms with Crippen molar-refractivity contribution in [1.29, 1.82) is 0 Å². The van der Waals surface area contributed by atoms with Gasteiger partial charge in [0.15, 0.2) is 0 Å². The van der Waals surface area contributed by atoms with Gasteiger partial charge in [-0.25, -0.2) is 8.78 Å². The van der Waals surface area contributed by atoms with Crippen LogP contribution in [0.25, 0.3) is 0 Å². The van der Waals surface area contributed by atoms with E-state index in [0.717, 1.165) is 24.8 Å². The zero-order valence-corrected chi connectivity index (χ0v) is 9.20. The fraction of sp³-hybridized carbons (Fsp3) is 0.538. The molecular formula is C13H17F2N. The van der Waals surface area contributed by atoms with Crippen LogP contribution in [0.1, 0.15) is 29.9 Å². The highest BCUT2D eigenvalue weighted by Crippen LogP contribution is 2.38.